The van der Waals surface area contributed by atoms with Gasteiger partial charge in [-0.3, -0.25) is 19.7 Å². The zero-order valence-electron chi connectivity index (χ0n) is 18.4. The molecule has 0 saturated carbocycles. The summed E-state index contributed by atoms with van der Waals surface area (Å²) >= 11 is 0. The molecule has 0 aliphatic heterocycles. The number of carbonyl (C=O) groups is 2. The third kappa shape index (κ3) is 4.36. The number of nitrogens with one attached hydrogen (secondary N) is 4. The van der Waals surface area contributed by atoms with E-state index in [9.17, 15) is 9.59 Å². The van der Waals surface area contributed by atoms with E-state index in [-0.39, 0.29) is 11.8 Å². The fourth-order valence-corrected chi connectivity index (χ4v) is 3.25. The van der Waals surface area contributed by atoms with Crippen LogP contribution in [0.5, 0.6) is 0 Å². The van der Waals surface area contributed by atoms with Crippen LogP contribution in [0.4, 0.5) is 5.69 Å². The van der Waals surface area contributed by atoms with E-state index in [1.165, 1.54) is 0 Å². The lowest BCUT2D eigenvalue weighted by atomic mass is 10.1. The van der Waals surface area contributed by atoms with Gasteiger partial charge in [0.05, 0.1) is 11.9 Å². The summed E-state index contributed by atoms with van der Waals surface area (Å²) in [6.45, 7) is 8.38. The van der Waals surface area contributed by atoms with E-state index >= 15 is 0 Å². The number of carbonyl (C=O) groups excluding carboxylic acids is 2. The highest BCUT2D eigenvalue weighted by molar-refractivity contribution is 6.04. The molecule has 9 nitrogen and oxygen atoms in total. The predicted molar refractivity (Wildman–Crippen MR) is 123 cm³/mol. The first-order chi connectivity index (χ1) is 15.3. The Bertz CT molecular complexity index is 1300. The van der Waals surface area contributed by atoms with Gasteiger partial charge in [-0.05, 0) is 44.0 Å². The predicted octanol–water partition coefficient (Wildman–Crippen LogP) is 3.60. The summed E-state index contributed by atoms with van der Waals surface area (Å²) in [6, 6.07) is 7.33. The molecular weight excluding hydrogens is 406 g/mol. The van der Waals surface area contributed by atoms with Crippen molar-refractivity contribution >= 4 is 28.5 Å². The molecule has 0 radical (unpaired) electrons. The summed E-state index contributed by atoms with van der Waals surface area (Å²) in [4.78, 5) is 36.7. The fraction of sp³-hybridized carbons (Fsp3) is 0.261. The third-order valence-corrected chi connectivity index (χ3v) is 5.17. The van der Waals surface area contributed by atoms with Crippen molar-refractivity contribution in [2.45, 2.75) is 27.7 Å². The zero-order chi connectivity index (χ0) is 22.8. The Morgan fingerprint density at radius 2 is 1.91 bits per heavy atom. The van der Waals surface area contributed by atoms with Crippen molar-refractivity contribution in [2.24, 2.45) is 5.92 Å². The van der Waals surface area contributed by atoms with E-state index < -0.39 is 0 Å². The maximum absolute atomic E-state index is 12.5. The number of fused-ring (bicyclic) bond motifs is 1. The molecule has 0 aromatic carbocycles. The summed E-state index contributed by atoms with van der Waals surface area (Å²) in [7, 11) is 0. The van der Waals surface area contributed by atoms with Crippen LogP contribution >= 0.6 is 0 Å². The molecule has 164 valence electrons. The number of nitrogens with zero attached hydrogens (tertiary/aromatic N) is 3. The number of H-pyrrole nitrogens is 2. The zero-order valence-corrected chi connectivity index (χ0v) is 18.4. The Morgan fingerprint density at radius 1 is 1.09 bits per heavy atom. The van der Waals surface area contributed by atoms with Crippen LogP contribution in [0.2, 0.25) is 0 Å². The van der Waals surface area contributed by atoms with Crippen LogP contribution in [0.25, 0.3) is 22.3 Å². The van der Waals surface area contributed by atoms with E-state index in [0.717, 1.165) is 27.9 Å². The third-order valence-electron chi connectivity index (χ3n) is 5.17. The smallest absolute Gasteiger partial charge is 0.276 e. The van der Waals surface area contributed by atoms with Crippen molar-refractivity contribution in [2.75, 3.05) is 11.9 Å². The van der Waals surface area contributed by atoms with Gasteiger partial charge in [-0.15, -0.1) is 0 Å². The normalized spacial score (nSPS) is 11.2. The van der Waals surface area contributed by atoms with Crippen LogP contribution in [-0.2, 0) is 0 Å². The lowest BCUT2D eigenvalue weighted by Crippen LogP contribution is -2.28. The number of hydrogen-bond donors (Lipinski definition) is 4. The summed E-state index contributed by atoms with van der Waals surface area (Å²) in [5, 5.41) is 13.4. The molecule has 4 aromatic rings. The first-order valence-electron chi connectivity index (χ1n) is 10.4. The van der Waals surface area contributed by atoms with Crippen molar-refractivity contribution in [3.63, 3.8) is 0 Å². The Hall–Kier alpha value is -4.01. The summed E-state index contributed by atoms with van der Waals surface area (Å²) in [6.07, 6.45) is 3.20. The van der Waals surface area contributed by atoms with Gasteiger partial charge in [0, 0.05) is 40.6 Å². The van der Waals surface area contributed by atoms with Gasteiger partial charge < -0.3 is 15.6 Å². The number of aryl methyl sites for hydroxylation is 1. The highest BCUT2D eigenvalue weighted by Crippen LogP contribution is 2.25. The maximum Gasteiger partial charge on any atom is 0.276 e. The van der Waals surface area contributed by atoms with E-state index in [0.29, 0.717) is 35.2 Å². The Balaban J connectivity index is 1.56. The van der Waals surface area contributed by atoms with Gasteiger partial charge in [0.1, 0.15) is 11.3 Å². The molecule has 0 fully saturated rings. The molecule has 4 heterocycles. The van der Waals surface area contributed by atoms with Crippen molar-refractivity contribution in [1.82, 2.24) is 30.5 Å². The lowest BCUT2D eigenvalue weighted by molar-refractivity contribution is 0.0943. The molecule has 4 aromatic heterocycles. The van der Waals surface area contributed by atoms with E-state index in [1.807, 2.05) is 45.9 Å². The Morgan fingerprint density at radius 3 is 2.62 bits per heavy atom. The number of pyridine rings is 2. The number of aromatic amines is 2. The molecule has 9 heteroatoms. The highest BCUT2D eigenvalue weighted by Gasteiger charge is 2.16. The van der Waals surface area contributed by atoms with Crippen molar-refractivity contribution in [3.8, 4) is 11.3 Å². The molecule has 0 bridgehead atoms. The van der Waals surface area contributed by atoms with Crippen molar-refractivity contribution < 1.29 is 9.59 Å². The summed E-state index contributed by atoms with van der Waals surface area (Å²) < 4.78 is 0. The second-order valence-corrected chi connectivity index (χ2v) is 8.15. The van der Waals surface area contributed by atoms with Gasteiger partial charge >= 0.3 is 0 Å². The molecule has 0 spiro atoms. The SMILES string of the molecule is Cc1[nH]nc(C(=O)Nc2cnc3[nH]c(-c4ccnc(C(=O)NCC(C)C)c4)cc3c2)c1C. The summed E-state index contributed by atoms with van der Waals surface area (Å²) in [5.74, 6) is -0.142. The van der Waals surface area contributed by atoms with Crippen LogP contribution < -0.4 is 10.6 Å². The van der Waals surface area contributed by atoms with E-state index in [1.54, 1.807) is 18.5 Å². The van der Waals surface area contributed by atoms with E-state index in [2.05, 4.69) is 35.8 Å². The Kier molecular flexibility index (Phi) is 5.72. The minimum Gasteiger partial charge on any atom is -0.350 e. The van der Waals surface area contributed by atoms with Gasteiger partial charge in [-0.25, -0.2) is 4.98 Å². The highest BCUT2D eigenvalue weighted by atomic mass is 16.2. The van der Waals surface area contributed by atoms with Crippen LogP contribution in [-0.4, -0.2) is 43.5 Å². The first kappa shape index (κ1) is 21.2. The molecule has 2 amide bonds. The van der Waals surface area contributed by atoms with Gasteiger partial charge in [0.2, 0.25) is 0 Å². The fourth-order valence-electron chi connectivity index (χ4n) is 3.25. The molecule has 0 unspecified atom stereocenters. The number of amides is 2. The van der Waals surface area contributed by atoms with Gasteiger partial charge in [0.25, 0.3) is 11.8 Å². The molecular formula is C23H25N7O2. The lowest BCUT2D eigenvalue weighted by Gasteiger charge is -2.07. The van der Waals surface area contributed by atoms with Crippen LogP contribution in [0.15, 0.2) is 36.7 Å². The quantitative estimate of drug-likeness (QED) is 0.371. The van der Waals surface area contributed by atoms with Crippen LogP contribution in [0, 0.1) is 19.8 Å². The van der Waals surface area contributed by atoms with E-state index in [4.69, 9.17) is 0 Å². The van der Waals surface area contributed by atoms with Gasteiger partial charge in [-0.2, -0.15) is 5.10 Å². The number of anilines is 1. The second kappa shape index (κ2) is 8.62. The Labute approximate surface area is 185 Å². The molecule has 32 heavy (non-hydrogen) atoms. The molecule has 0 atom stereocenters. The summed E-state index contributed by atoms with van der Waals surface area (Å²) in [5.41, 5.74) is 5.24. The van der Waals surface area contributed by atoms with Crippen LogP contribution in [0.3, 0.4) is 0 Å². The monoisotopic (exact) mass is 431 g/mol. The first-order valence-corrected chi connectivity index (χ1v) is 10.4. The second-order valence-electron chi connectivity index (χ2n) is 8.15. The molecule has 4 N–H and O–H groups in total. The maximum atomic E-state index is 12.5. The number of aromatic nitrogens is 5. The van der Waals surface area contributed by atoms with Crippen molar-refractivity contribution in [1.29, 1.82) is 0 Å². The van der Waals surface area contributed by atoms with Gasteiger partial charge in [0.15, 0.2) is 5.69 Å². The minimum absolute atomic E-state index is 0.205. The minimum atomic E-state index is -0.296. The van der Waals surface area contributed by atoms with Crippen molar-refractivity contribution in [3.05, 3.63) is 59.3 Å². The average Bonchev–Trinajstić information content (AvgIpc) is 3.35. The molecule has 0 aliphatic rings. The largest absolute Gasteiger partial charge is 0.350 e. The average molecular weight is 432 g/mol. The number of hydrogen-bond acceptors (Lipinski definition) is 5. The number of rotatable bonds is 6. The molecule has 0 aliphatic carbocycles. The molecule has 4 rings (SSSR count). The standard InChI is InChI=1S/C23H25N7O2/c1-12(2)10-26-22(31)19-8-15(5-6-24-19)18-9-16-7-17(11-25-21(16)28-18)27-23(32)20-13(3)14(4)29-30-20/h5-9,11-12H,10H2,1-4H3,(H,25,28)(H,26,31)(H,27,32)(H,29,30). The van der Waals surface area contributed by atoms with Gasteiger partial charge in [-0.1, -0.05) is 13.8 Å². The topological polar surface area (TPSA) is 128 Å². The van der Waals surface area contributed by atoms with Crippen LogP contribution in [0.1, 0.15) is 46.1 Å². The molecule has 0 saturated heterocycles.